The van der Waals surface area contributed by atoms with E-state index >= 15 is 0 Å². The van der Waals surface area contributed by atoms with Crippen molar-refractivity contribution in [2.45, 2.75) is 35.6 Å². The van der Waals surface area contributed by atoms with Crippen LogP contribution in [-0.4, -0.2) is 34.7 Å². The highest BCUT2D eigenvalue weighted by Gasteiger charge is 2.23. The molecule has 0 atom stereocenters. The zero-order chi connectivity index (χ0) is 21.0. The molecule has 6 heteroatoms. The molecule has 156 valence electrons. The largest absolute Gasteiger partial charge is 0.356 e. The molecular weight excluding hydrogens is 404 g/mol. The number of rotatable bonds is 3. The van der Waals surface area contributed by atoms with Crippen LogP contribution in [0.1, 0.15) is 40.7 Å². The van der Waals surface area contributed by atoms with E-state index in [1.54, 1.807) is 24.2 Å². The molecule has 2 aliphatic heterocycles. The number of amidine groups is 1. The number of aliphatic imine (C=N–C) groups is 1. The second-order valence-electron chi connectivity index (χ2n) is 7.80. The fourth-order valence-corrected chi connectivity index (χ4v) is 5.00. The summed E-state index contributed by atoms with van der Waals surface area (Å²) in [6.07, 6.45) is 7.13. The van der Waals surface area contributed by atoms with Gasteiger partial charge >= 0.3 is 0 Å². The van der Waals surface area contributed by atoms with E-state index in [0.717, 1.165) is 35.1 Å². The Hall–Kier alpha value is -3.12. The van der Waals surface area contributed by atoms with Crippen LogP contribution in [0.5, 0.6) is 0 Å². The number of hydrogen-bond donors (Lipinski definition) is 1. The van der Waals surface area contributed by atoms with Crippen LogP contribution in [0.15, 0.2) is 81.8 Å². The maximum atomic E-state index is 12.8. The summed E-state index contributed by atoms with van der Waals surface area (Å²) in [4.78, 5) is 26.6. The molecular formula is C25H24N4OS. The molecule has 3 aromatic rings. The van der Waals surface area contributed by atoms with E-state index in [-0.39, 0.29) is 5.91 Å². The average Bonchev–Trinajstić information content (AvgIpc) is 3.00. The van der Waals surface area contributed by atoms with Crippen molar-refractivity contribution in [2.75, 3.05) is 13.1 Å². The number of pyridine rings is 1. The molecule has 0 saturated carbocycles. The summed E-state index contributed by atoms with van der Waals surface area (Å²) in [5, 5.41) is 3.00. The van der Waals surface area contributed by atoms with Crippen LogP contribution in [0.4, 0.5) is 5.69 Å². The van der Waals surface area contributed by atoms with Gasteiger partial charge < -0.3 is 10.2 Å². The Labute approximate surface area is 186 Å². The van der Waals surface area contributed by atoms with Crippen molar-refractivity contribution in [3.63, 3.8) is 0 Å². The average molecular weight is 429 g/mol. The predicted octanol–water partition coefficient (Wildman–Crippen LogP) is 5.04. The van der Waals surface area contributed by atoms with Crippen LogP contribution in [0.2, 0.25) is 0 Å². The number of likely N-dealkylation sites (tertiary alicyclic amines) is 1. The van der Waals surface area contributed by atoms with Crippen LogP contribution >= 0.6 is 11.8 Å². The molecule has 1 saturated heterocycles. The Morgan fingerprint density at radius 2 is 1.77 bits per heavy atom. The monoisotopic (exact) mass is 428 g/mol. The topological polar surface area (TPSA) is 57.6 Å². The number of nitrogens with zero attached hydrogens (tertiary/aromatic N) is 3. The lowest BCUT2D eigenvalue weighted by molar-refractivity contribution is 0.0951. The highest BCUT2D eigenvalue weighted by atomic mass is 32.2. The second-order valence-corrected chi connectivity index (χ2v) is 8.89. The first-order chi connectivity index (χ1) is 15.3. The molecule has 0 radical (unpaired) electrons. The highest BCUT2D eigenvalue weighted by molar-refractivity contribution is 7.99. The number of nitrogens with one attached hydrogen (secondary N) is 1. The zero-order valence-corrected chi connectivity index (χ0v) is 18.1. The number of carbonyl (C=O) groups is 1. The van der Waals surface area contributed by atoms with Gasteiger partial charge in [0.2, 0.25) is 0 Å². The van der Waals surface area contributed by atoms with Gasteiger partial charge in [0, 0.05) is 52.9 Å². The molecule has 2 aromatic carbocycles. The van der Waals surface area contributed by atoms with E-state index < -0.39 is 0 Å². The third-order valence-electron chi connectivity index (χ3n) is 5.65. The van der Waals surface area contributed by atoms with Gasteiger partial charge in [0.15, 0.2) is 0 Å². The first-order valence-electron chi connectivity index (χ1n) is 10.7. The van der Waals surface area contributed by atoms with E-state index in [4.69, 9.17) is 4.99 Å². The van der Waals surface area contributed by atoms with Crippen molar-refractivity contribution in [2.24, 2.45) is 4.99 Å². The Morgan fingerprint density at radius 1 is 0.968 bits per heavy atom. The third-order valence-corrected chi connectivity index (χ3v) is 6.79. The third kappa shape index (κ3) is 4.35. The van der Waals surface area contributed by atoms with Crippen molar-refractivity contribution in [3.05, 3.63) is 83.7 Å². The molecule has 0 aliphatic carbocycles. The molecule has 1 fully saturated rings. The van der Waals surface area contributed by atoms with Gasteiger partial charge in [-0.15, -0.1) is 0 Å². The summed E-state index contributed by atoms with van der Waals surface area (Å²) in [5.41, 5.74) is 3.68. The molecule has 1 amide bonds. The van der Waals surface area contributed by atoms with Crippen molar-refractivity contribution < 1.29 is 4.79 Å². The highest BCUT2D eigenvalue weighted by Crippen LogP contribution is 2.41. The van der Waals surface area contributed by atoms with Gasteiger partial charge in [-0.05, 0) is 61.2 Å². The van der Waals surface area contributed by atoms with Gasteiger partial charge in [-0.1, -0.05) is 30.0 Å². The minimum absolute atomic E-state index is 0.0962. The lowest BCUT2D eigenvalue weighted by Crippen LogP contribution is -2.36. The summed E-state index contributed by atoms with van der Waals surface area (Å²) in [6, 6.07) is 18.1. The number of amides is 1. The molecule has 1 N–H and O–H groups in total. The number of piperidine rings is 1. The Bertz CT molecular complexity index is 1120. The van der Waals surface area contributed by atoms with Gasteiger partial charge in [0.25, 0.3) is 5.91 Å². The minimum atomic E-state index is -0.0962. The van der Waals surface area contributed by atoms with E-state index in [1.165, 1.54) is 29.7 Å². The summed E-state index contributed by atoms with van der Waals surface area (Å²) >= 11 is 1.72. The van der Waals surface area contributed by atoms with Crippen LogP contribution in [0, 0.1) is 0 Å². The van der Waals surface area contributed by atoms with E-state index in [0.29, 0.717) is 12.1 Å². The first-order valence-corrected chi connectivity index (χ1v) is 11.5. The SMILES string of the molecule is O=C(NCc1ccncc1)c1ccc2c(c1)N=C(N1CCCCC1)c1ccccc1S2. The van der Waals surface area contributed by atoms with Crippen LogP contribution < -0.4 is 5.32 Å². The first kappa shape index (κ1) is 19.8. The van der Waals surface area contributed by atoms with Crippen LogP contribution in [0.3, 0.4) is 0 Å². The molecule has 3 heterocycles. The lowest BCUT2D eigenvalue weighted by atomic mass is 10.1. The van der Waals surface area contributed by atoms with E-state index in [9.17, 15) is 4.79 Å². The quantitative estimate of drug-likeness (QED) is 0.635. The Balaban J connectivity index is 1.46. The number of fused-ring (bicyclic) bond motifs is 2. The van der Waals surface area contributed by atoms with Crippen molar-refractivity contribution >= 4 is 29.2 Å². The number of aromatic nitrogens is 1. The van der Waals surface area contributed by atoms with Gasteiger partial charge in [-0.3, -0.25) is 9.78 Å². The molecule has 0 unspecified atom stereocenters. The standard InChI is InChI=1S/C25H24N4OS/c30-25(27-17-18-10-12-26-13-11-18)19-8-9-23-21(16-19)28-24(29-14-4-1-5-15-29)20-6-2-3-7-22(20)31-23/h2-3,6-13,16H,1,4-5,14-15,17H2,(H,27,30). The lowest BCUT2D eigenvalue weighted by Gasteiger charge is -2.30. The fourth-order valence-electron chi connectivity index (χ4n) is 4.00. The molecule has 0 spiro atoms. The summed E-state index contributed by atoms with van der Waals surface area (Å²) < 4.78 is 0. The molecule has 5 rings (SSSR count). The van der Waals surface area contributed by atoms with E-state index in [1.807, 2.05) is 30.3 Å². The van der Waals surface area contributed by atoms with Gasteiger partial charge in [0.05, 0.1) is 5.69 Å². The molecule has 2 aliphatic rings. The Kier molecular flexibility index (Phi) is 5.71. The molecule has 31 heavy (non-hydrogen) atoms. The molecule has 1 aromatic heterocycles. The maximum Gasteiger partial charge on any atom is 0.251 e. The molecule has 0 bridgehead atoms. The number of carbonyl (C=O) groups excluding carboxylic acids is 1. The van der Waals surface area contributed by atoms with Gasteiger partial charge in [-0.25, -0.2) is 4.99 Å². The van der Waals surface area contributed by atoms with Crippen molar-refractivity contribution in [1.82, 2.24) is 15.2 Å². The number of benzene rings is 2. The normalized spacial score (nSPS) is 15.4. The van der Waals surface area contributed by atoms with Crippen molar-refractivity contribution in [1.29, 1.82) is 0 Å². The second kappa shape index (κ2) is 8.94. The number of hydrogen-bond acceptors (Lipinski definition) is 5. The van der Waals surface area contributed by atoms with E-state index in [2.05, 4.69) is 39.5 Å². The fraction of sp³-hybridized carbons (Fsp3) is 0.240. The summed E-state index contributed by atoms with van der Waals surface area (Å²) in [6.45, 7) is 2.53. The van der Waals surface area contributed by atoms with Crippen LogP contribution in [0.25, 0.3) is 0 Å². The van der Waals surface area contributed by atoms with Crippen LogP contribution in [-0.2, 0) is 6.54 Å². The minimum Gasteiger partial charge on any atom is -0.356 e. The predicted molar refractivity (Wildman–Crippen MR) is 124 cm³/mol. The smallest absolute Gasteiger partial charge is 0.251 e. The van der Waals surface area contributed by atoms with Gasteiger partial charge in [0.1, 0.15) is 5.84 Å². The summed E-state index contributed by atoms with van der Waals surface area (Å²) in [5.74, 6) is 0.928. The zero-order valence-electron chi connectivity index (χ0n) is 17.3. The maximum absolute atomic E-state index is 12.8. The molecule has 5 nitrogen and oxygen atoms in total. The van der Waals surface area contributed by atoms with Gasteiger partial charge in [-0.2, -0.15) is 0 Å². The Morgan fingerprint density at radius 3 is 2.61 bits per heavy atom. The summed E-state index contributed by atoms with van der Waals surface area (Å²) in [7, 11) is 0. The van der Waals surface area contributed by atoms with Crippen molar-refractivity contribution in [3.8, 4) is 0 Å².